The Hall–Kier alpha value is -2.29. The van der Waals surface area contributed by atoms with Crippen LogP contribution in [0.25, 0.3) is 0 Å². The molecule has 2 aromatic heterocycles. The van der Waals surface area contributed by atoms with Crippen molar-refractivity contribution in [3.63, 3.8) is 0 Å². The van der Waals surface area contributed by atoms with E-state index in [4.69, 9.17) is 4.42 Å². The Balaban J connectivity index is 1.47. The van der Waals surface area contributed by atoms with Crippen molar-refractivity contribution in [2.75, 3.05) is 26.2 Å². The highest BCUT2D eigenvalue weighted by Gasteiger charge is 2.34. The molecule has 1 aliphatic rings. The number of aryl methyl sites for hydroxylation is 2. The van der Waals surface area contributed by atoms with Crippen molar-refractivity contribution in [2.45, 2.75) is 32.6 Å². The number of hydrogen-bond donors (Lipinski definition) is 0. The smallest absolute Gasteiger partial charge is 0.435 e. The van der Waals surface area contributed by atoms with Crippen LogP contribution in [0.1, 0.15) is 23.6 Å². The van der Waals surface area contributed by atoms with E-state index >= 15 is 0 Å². The average Bonchev–Trinajstić information content (AvgIpc) is 3.22. The number of piperazine rings is 1. The lowest BCUT2D eigenvalue weighted by atomic mass is 10.2. The first-order chi connectivity index (χ1) is 12.3. The second-order valence-electron chi connectivity index (χ2n) is 6.38. The summed E-state index contributed by atoms with van der Waals surface area (Å²) in [4.78, 5) is 16.3. The second-order valence-corrected chi connectivity index (χ2v) is 6.38. The number of halogens is 3. The van der Waals surface area contributed by atoms with E-state index < -0.39 is 11.9 Å². The van der Waals surface area contributed by atoms with Crippen molar-refractivity contribution in [1.29, 1.82) is 0 Å². The largest absolute Gasteiger partial charge is 0.468 e. The molecule has 0 aromatic carbocycles. The summed E-state index contributed by atoms with van der Waals surface area (Å²) >= 11 is 0. The maximum absolute atomic E-state index is 12.7. The number of aromatic nitrogens is 2. The molecule has 0 unspecified atom stereocenters. The van der Waals surface area contributed by atoms with Gasteiger partial charge in [-0.05, 0) is 25.1 Å². The third-order valence-corrected chi connectivity index (χ3v) is 4.49. The molecule has 0 atom stereocenters. The topological polar surface area (TPSA) is 54.5 Å². The lowest BCUT2D eigenvalue weighted by Crippen LogP contribution is -2.48. The highest BCUT2D eigenvalue weighted by atomic mass is 19.4. The molecule has 2 aromatic rings. The zero-order valence-electron chi connectivity index (χ0n) is 14.5. The highest BCUT2D eigenvalue weighted by Crippen LogP contribution is 2.28. The van der Waals surface area contributed by atoms with E-state index in [0.717, 1.165) is 24.9 Å². The van der Waals surface area contributed by atoms with E-state index in [9.17, 15) is 18.0 Å². The molecule has 0 saturated carbocycles. The number of furan rings is 1. The van der Waals surface area contributed by atoms with Crippen LogP contribution in [0.4, 0.5) is 13.2 Å². The molecule has 0 bridgehead atoms. The summed E-state index contributed by atoms with van der Waals surface area (Å²) in [7, 11) is 0. The summed E-state index contributed by atoms with van der Waals surface area (Å²) < 4.78 is 44.6. The van der Waals surface area contributed by atoms with Gasteiger partial charge in [-0.15, -0.1) is 0 Å². The number of carbonyl (C=O) groups excluding carboxylic acids is 1. The molecule has 1 fully saturated rings. The van der Waals surface area contributed by atoms with E-state index in [1.54, 1.807) is 18.1 Å². The Morgan fingerprint density at radius 1 is 1.27 bits per heavy atom. The predicted octanol–water partition coefficient (Wildman–Crippen LogP) is 2.54. The molecule has 142 valence electrons. The molecule has 0 aliphatic carbocycles. The number of hydrogen-bond acceptors (Lipinski definition) is 4. The lowest BCUT2D eigenvalue weighted by molar-refractivity contribution is -0.141. The molecule has 3 heterocycles. The fraction of sp³-hybridized carbons (Fsp3) is 0.529. The minimum atomic E-state index is -4.47. The fourth-order valence-corrected chi connectivity index (χ4v) is 3.01. The van der Waals surface area contributed by atoms with Crippen molar-refractivity contribution in [3.05, 3.63) is 41.6 Å². The molecular formula is C17H21F3N4O2. The van der Waals surface area contributed by atoms with Gasteiger partial charge in [0.15, 0.2) is 5.69 Å². The lowest BCUT2D eigenvalue weighted by Gasteiger charge is -2.34. The molecule has 1 amide bonds. The van der Waals surface area contributed by atoms with Gasteiger partial charge in [-0.1, -0.05) is 0 Å². The molecule has 1 saturated heterocycles. The van der Waals surface area contributed by atoms with Crippen molar-refractivity contribution >= 4 is 5.91 Å². The quantitative estimate of drug-likeness (QED) is 0.812. The van der Waals surface area contributed by atoms with Crippen LogP contribution in [0.3, 0.4) is 0 Å². The van der Waals surface area contributed by atoms with E-state index in [2.05, 4.69) is 10.00 Å². The van der Waals surface area contributed by atoms with Crippen molar-refractivity contribution < 1.29 is 22.4 Å². The predicted molar refractivity (Wildman–Crippen MR) is 87.1 cm³/mol. The Morgan fingerprint density at radius 3 is 2.58 bits per heavy atom. The van der Waals surface area contributed by atoms with Gasteiger partial charge in [-0.25, -0.2) is 0 Å². The summed E-state index contributed by atoms with van der Waals surface area (Å²) in [5, 5.41) is 3.55. The maximum atomic E-state index is 12.7. The van der Waals surface area contributed by atoms with Crippen molar-refractivity contribution in [2.24, 2.45) is 0 Å². The Labute approximate surface area is 149 Å². The molecule has 3 rings (SSSR count). The first kappa shape index (κ1) is 18.5. The van der Waals surface area contributed by atoms with Crippen LogP contribution in [0, 0.1) is 6.92 Å². The van der Waals surface area contributed by atoms with E-state index in [1.807, 2.05) is 12.1 Å². The summed E-state index contributed by atoms with van der Waals surface area (Å²) in [5.41, 5.74) is -0.526. The second kappa shape index (κ2) is 7.53. The van der Waals surface area contributed by atoms with Crippen LogP contribution in [0.15, 0.2) is 28.9 Å². The van der Waals surface area contributed by atoms with Gasteiger partial charge < -0.3 is 9.32 Å². The minimum absolute atomic E-state index is 0.0638. The van der Waals surface area contributed by atoms with E-state index in [1.165, 1.54) is 4.68 Å². The molecule has 9 heteroatoms. The number of amides is 1. The molecule has 26 heavy (non-hydrogen) atoms. The Morgan fingerprint density at radius 2 is 2.00 bits per heavy atom. The monoisotopic (exact) mass is 370 g/mol. The first-order valence-corrected chi connectivity index (χ1v) is 8.47. The number of nitrogens with zero attached hydrogens (tertiary/aromatic N) is 4. The average molecular weight is 370 g/mol. The van der Waals surface area contributed by atoms with Crippen LogP contribution >= 0.6 is 0 Å². The van der Waals surface area contributed by atoms with Gasteiger partial charge in [0.25, 0.3) is 0 Å². The van der Waals surface area contributed by atoms with E-state index in [0.29, 0.717) is 25.3 Å². The van der Waals surface area contributed by atoms with Gasteiger partial charge in [-0.3, -0.25) is 14.4 Å². The van der Waals surface area contributed by atoms with Gasteiger partial charge >= 0.3 is 6.18 Å². The summed E-state index contributed by atoms with van der Waals surface area (Å²) in [6.45, 7) is 5.10. The molecule has 0 N–H and O–H groups in total. The molecular weight excluding hydrogens is 349 g/mol. The highest BCUT2D eigenvalue weighted by molar-refractivity contribution is 5.76. The Kier molecular flexibility index (Phi) is 5.36. The van der Waals surface area contributed by atoms with Gasteiger partial charge in [-0.2, -0.15) is 18.3 Å². The van der Waals surface area contributed by atoms with E-state index in [-0.39, 0.29) is 18.9 Å². The summed E-state index contributed by atoms with van der Waals surface area (Å²) in [5.74, 6) is 0.825. The molecule has 0 radical (unpaired) electrons. The summed E-state index contributed by atoms with van der Waals surface area (Å²) in [6.07, 6.45) is -2.70. The van der Waals surface area contributed by atoms with Crippen LogP contribution in [-0.4, -0.2) is 51.7 Å². The summed E-state index contributed by atoms with van der Waals surface area (Å²) in [6, 6.07) is 4.76. The SMILES string of the molecule is Cc1cc(C(F)(F)F)nn1CCC(=O)N1CCN(Cc2ccco2)CC1. The van der Waals surface area contributed by atoms with Crippen molar-refractivity contribution in [1.82, 2.24) is 19.6 Å². The van der Waals surface area contributed by atoms with Crippen LogP contribution in [0.2, 0.25) is 0 Å². The van der Waals surface area contributed by atoms with Gasteiger partial charge in [0, 0.05) is 44.8 Å². The third-order valence-electron chi connectivity index (χ3n) is 4.49. The molecule has 0 spiro atoms. The first-order valence-electron chi connectivity index (χ1n) is 8.47. The van der Waals surface area contributed by atoms with Crippen LogP contribution < -0.4 is 0 Å². The van der Waals surface area contributed by atoms with Gasteiger partial charge in [0.2, 0.25) is 5.91 Å². The van der Waals surface area contributed by atoms with Gasteiger partial charge in [0.05, 0.1) is 12.8 Å². The van der Waals surface area contributed by atoms with Gasteiger partial charge in [0.1, 0.15) is 5.76 Å². The van der Waals surface area contributed by atoms with Crippen LogP contribution in [-0.2, 0) is 24.1 Å². The van der Waals surface area contributed by atoms with Crippen LogP contribution in [0.5, 0.6) is 0 Å². The van der Waals surface area contributed by atoms with Crippen molar-refractivity contribution in [3.8, 4) is 0 Å². The Bertz CT molecular complexity index is 732. The zero-order valence-corrected chi connectivity index (χ0v) is 14.5. The third kappa shape index (κ3) is 4.46. The number of alkyl halides is 3. The number of carbonyl (C=O) groups is 1. The number of rotatable bonds is 5. The molecule has 1 aliphatic heterocycles. The normalized spacial score (nSPS) is 16.2. The minimum Gasteiger partial charge on any atom is -0.468 e. The maximum Gasteiger partial charge on any atom is 0.435 e. The molecule has 6 nitrogen and oxygen atoms in total. The fourth-order valence-electron chi connectivity index (χ4n) is 3.01. The zero-order chi connectivity index (χ0) is 18.7. The standard InChI is InChI=1S/C17H21F3N4O2/c1-13-11-15(17(18,19)20)21-24(13)5-4-16(25)23-8-6-22(7-9-23)12-14-3-2-10-26-14/h2-3,10-11H,4-9,12H2,1H3.